The lowest BCUT2D eigenvalue weighted by Gasteiger charge is -2.09. The molecule has 19 heavy (non-hydrogen) atoms. The minimum Gasteiger partial charge on any atom is -0.434 e. The van der Waals surface area contributed by atoms with Gasteiger partial charge in [-0.15, -0.1) is 0 Å². The van der Waals surface area contributed by atoms with Gasteiger partial charge in [0, 0.05) is 18.2 Å². The molecule has 2 aromatic rings. The summed E-state index contributed by atoms with van der Waals surface area (Å²) in [4.78, 5) is 0. The van der Waals surface area contributed by atoms with E-state index in [1.165, 1.54) is 10.7 Å². The molecule has 0 fully saturated rings. The highest BCUT2D eigenvalue weighted by Gasteiger charge is 2.18. The van der Waals surface area contributed by atoms with Crippen molar-refractivity contribution in [3.05, 3.63) is 29.8 Å². The number of anilines is 1. The number of nitrogens with two attached hydrogens (primary N) is 1. The molecule has 0 bridgehead atoms. The zero-order chi connectivity index (χ0) is 14.0. The standard InChI is InChI=1S/C13H15F2N3O/c1-3-8-11(17-18(2)12(8)16)9-6-4-5-7-10(9)19-13(14)15/h4-7,13H,3,16H2,1-2H3. The van der Waals surface area contributed by atoms with Crippen molar-refractivity contribution in [1.29, 1.82) is 0 Å². The molecule has 1 aromatic carbocycles. The molecule has 0 atom stereocenters. The summed E-state index contributed by atoms with van der Waals surface area (Å²) < 4.78 is 30.9. The number of para-hydroxylation sites is 1. The van der Waals surface area contributed by atoms with Crippen LogP contribution in [0.25, 0.3) is 11.3 Å². The van der Waals surface area contributed by atoms with Crippen molar-refractivity contribution in [2.45, 2.75) is 20.0 Å². The van der Waals surface area contributed by atoms with Crippen molar-refractivity contribution in [1.82, 2.24) is 9.78 Å². The molecule has 0 aliphatic rings. The highest BCUT2D eigenvalue weighted by atomic mass is 19.3. The number of ether oxygens (including phenoxy) is 1. The summed E-state index contributed by atoms with van der Waals surface area (Å²) >= 11 is 0. The fourth-order valence-electron chi connectivity index (χ4n) is 2.01. The Bertz CT molecular complexity index is 581. The molecule has 0 spiro atoms. The summed E-state index contributed by atoms with van der Waals surface area (Å²) in [7, 11) is 1.72. The van der Waals surface area contributed by atoms with Gasteiger partial charge in [0.1, 0.15) is 17.3 Å². The molecule has 4 nitrogen and oxygen atoms in total. The van der Waals surface area contributed by atoms with Gasteiger partial charge in [0.15, 0.2) is 0 Å². The molecular formula is C13H15F2N3O. The second-order valence-corrected chi connectivity index (χ2v) is 4.06. The molecule has 0 unspecified atom stereocenters. The third kappa shape index (κ3) is 2.52. The van der Waals surface area contributed by atoms with Crippen LogP contribution in [0.15, 0.2) is 24.3 Å². The smallest absolute Gasteiger partial charge is 0.387 e. The molecule has 1 heterocycles. The number of hydrogen-bond donors (Lipinski definition) is 1. The highest BCUT2D eigenvalue weighted by Crippen LogP contribution is 2.34. The Labute approximate surface area is 109 Å². The molecule has 1 aromatic heterocycles. The number of rotatable bonds is 4. The van der Waals surface area contributed by atoms with Gasteiger partial charge < -0.3 is 10.5 Å². The molecule has 0 saturated heterocycles. The van der Waals surface area contributed by atoms with Gasteiger partial charge in [0.2, 0.25) is 0 Å². The minimum absolute atomic E-state index is 0.102. The van der Waals surface area contributed by atoms with E-state index in [2.05, 4.69) is 9.84 Å². The average molecular weight is 267 g/mol. The zero-order valence-corrected chi connectivity index (χ0v) is 10.7. The summed E-state index contributed by atoms with van der Waals surface area (Å²) in [5.74, 6) is 0.634. The van der Waals surface area contributed by atoms with E-state index >= 15 is 0 Å². The van der Waals surface area contributed by atoms with Crippen LogP contribution in [0.5, 0.6) is 5.75 Å². The average Bonchev–Trinajstić information content (AvgIpc) is 2.65. The van der Waals surface area contributed by atoms with Crippen LogP contribution >= 0.6 is 0 Å². The van der Waals surface area contributed by atoms with E-state index in [-0.39, 0.29) is 5.75 Å². The first-order chi connectivity index (χ1) is 9.04. The monoisotopic (exact) mass is 267 g/mol. The van der Waals surface area contributed by atoms with E-state index in [0.717, 1.165) is 5.56 Å². The quantitative estimate of drug-likeness (QED) is 0.926. The van der Waals surface area contributed by atoms with Crippen molar-refractivity contribution in [2.24, 2.45) is 7.05 Å². The van der Waals surface area contributed by atoms with Crippen molar-refractivity contribution >= 4 is 5.82 Å². The van der Waals surface area contributed by atoms with Gasteiger partial charge >= 0.3 is 6.61 Å². The lowest BCUT2D eigenvalue weighted by atomic mass is 10.0. The maximum atomic E-state index is 12.4. The van der Waals surface area contributed by atoms with Crippen molar-refractivity contribution in [3.63, 3.8) is 0 Å². The predicted molar refractivity (Wildman–Crippen MR) is 69.1 cm³/mol. The van der Waals surface area contributed by atoms with Gasteiger partial charge in [-0.1, -0.05) is 19.1 Å². The Morgan fingerprint density at radius 1 is 1.37 bits per heavy atom. The van der Waals surface area contributed by atoms with Crippen LogP contribution < -0.4 is 10.5 Å². The first-order valence-corrected chi connectivity index (χ1v) is 5.90. The predicted octanol–water partition coefficient (Wildman–Crippen LogP) is 2.83. The molecule has 0 radical (unpaired) electrons. The van der Waals surface area contributed by atoms with E-state index in [9.17, 15) is 8.78 Å². The van der Waals surface area contributed by atoms with Gasteiger partial charge in [0.25, 0.3) is 0 Å². The number of benzene rings is 1. The normalized spacial score (nSPS) is 11.0. The van der Waals surface area contributed by atoms with Crippen LogP contribution in [0.3, 0.4) is 0 Å². The Morgan fingerprint density at radius 3 is 2.68 bits per heavy atom. The molecule has 6 heteroatoms. The third-order valence-corrected chi connectivity index (χ3v) is 2.91. The first kappa shape index (κ1) is 13.3. The SMILES string of the molecule is CCc1c(-c2ccccc2OC(F)F)nn(C)c1N. The lowest BCUT2D eigenvalue weighted by molar-refractivity contribution is -0.0494. The maximum absolute atomic E-state index is 12.4. The van der Waals surface area contributed by atoms with Crippen LogP contribution in [-0.4, -0.2) is 16.4 Å². The maximum Gasteiger partial charge on any atom is 0.387 e. The number of aromatic nitrogens is 2. The number of halogens is 2. The van der Waals surface area contributed by atoms with Gasteiger partial charge in [0.05, 0.1) is 0 Å². The van der Waals surface area contributed by atoms with Gasteiger partial charge in [-0.2, -0.15) is 13.9 Å². The summed E-state index contributed by atoms with van der Waals surface area (Å²) in [6, 6.07) is 6.57. The largest absolute Gasteiger partial charge is 0.434 e. The lowest BCUT2D eigenvalue weighted by Crippen LogP contribution is -2.03. The number of alkyl halides is 2. The fourth-order valence-corrected chi connectivity index (χ4v) is 2.01. The molecular weight excluding hydrogens is 252 g/mol. The summed E-state index contributed by atoms with van der Waals surface area (Å²) in [5, 5.41) is 4.29. The number of hydrogen-bond acceptors (Lipinski definition) is 3. The van der Waals surface area contributed by atoms with E-state index < -0.39 is 6.61 Å². The van der Waals surface area contributed by atoms with E-state index in [1.54, 1.807) is 25.2 Å². The molecule has 0 amide bonds. The highest BCUT2D eigenvalue weighted by molar-refractivity contribution is 5.73. The van der Waals surface area contributed by atoms with Crippen LogP contribution in [0, 0.1) is 0 Å². The summed E-state index contributed by atoms with van der Waals surface area (Å²) in [5.41, 5.74) is 7.84. The number of aryl methyl sites for hydroxylation is 1. The second kappa shape index (κ2) is 5.26. The van der Waals surface area contributed by atoms with Gasteiger partial charge in [-0.25, -0.2) is 0 Å². The van der Waals surface area contributed by atoms with Crippen LogP contribution in [0.1, 0.15) is 12.5 Å². The van der Waals surface area contributed by atoms with Gasteiger partial charge in [-0.3, -0.25) is 4.68 Å². The topological polar surface area (TPSA) is 53.1 Å². The summed E-state index contributed by atoms with van der Waals surface area (Å²) in [6.07, 6.45) is 0.665. The molecule has 0 saturated carbocycles. The minimum atomic E-state index is -2.87. The molecule has 0 aliphatic heterocycles. The van der Waals surface area contributed by atoms with Crippen LogP contribution in [0.4, 0.5) is 14.6 Å². The third-order valence-electron chi connectivity index (χ3n) is 2.91. The van der Waals surface area contributed by atoms with E-state index in [0.29, 0.717) is 23.5 Å². The molecule has 2 N–H and O–H groups in total. The van der Waals surface area contributed by atoms with Crippen molar-refractivity contribution in [3.8, 4) is 17.0 Å². The Hall–Kier alpha value is -2.11. The summed E-state index contributed by atoms with van der Waals surface area (Å²) in [6.45, 7) is -0.930. The second-order valence-electron chi connectivity index (χ2n) is 4.06. The number of nitrogens with zero attached hydrogens (tertiary/aromatic N) is 2. The first-order valence-electron chi connectivity index (χ1n) is 5.90. The molecule has 0 aliphatic carbocycles. The fraction of sp³-hybridized carbons (Fsp3) is 0.308. The zero-order valence-electron chi connectivity index (χ0n) is 10.7. The van der Waals surface area contributed by atoms with E-state index in [1.807, 2.05) is 6.92 Å². The molecule has 2 rings (SSSR count). The van der Waals surface area contributed by atoms with E-state index in [4.69, 9.17) is 5.73 Å². The number of nitrogen functional groups attached to an aromatic ring is 1. The van der Waals surface area contributed by atoms with Crippen LogP contribution in [0.2, 0.25) is 0 Å². The van der Waals surface area contributed by atoms with Gasteiger partial charge in [-0.05, 0) is 18.6 Å². The van der Waals surface area contributed by atoms with Crippen molar-refractivity contribution in [2.75, 3.05) is 5.73 Å². The Kier molecular flexibility index (Phi) is 3.69. The Morgan fingerprint density at radius 2 is 2.05 bits per heavy atom. The molecule has 102 valence electrons. The Balaban J connectivity index is 2.56. The van der Waals surface area contributed by atoms with Crippen molar-refractivity contribution < 1.29 is 13.5 Å². The van der Waals surface area contributed by atoms with Crippen LogP contribution in [-0.2, 0) is 13.5 Å².